The topological polar surface area (TPSA) is 58.6 Å². The van der Waals surface area contributed by atoms with Crippen LogP contribution in [-0.2, 0) is 22.6 Å². The van der Waals surface area contributed by atoms with Gasteiger partial charge in [-0.25, -0.2) is 0 Å². The molecule has 0 heterocycles. The zero-order valence-corrected chi connectivity index (χ0v) is 17.7. The van der Waals surface area contributed by atoms with E-state index in [1.54, 1.807) is 37.3 Å². The summed E-state index contributed by atoms with van der Waals surface area (Å²) in [6, 6.07) is 12.0. The molecular weight excluding hydrogens is 399 g/mol. The van der Waals surface area contributed by atoms with E-state index in [0.717, 1.165) is 16.9 Å². The molecule has 7 heteroatoms. The highest BCUT2D eigenvalue weighted by molar-refractivity contribution is 6.42. The van der Waals surface area contributed by atoms with Gasteiger partial charge in [0.2, 0.25) is 11.8 Å². The molecule has 0 fully saturated rings. The highest BCUT2D eigenvalue weighted by atomic mass is 35.5. The summed E-state index contributed by atoms with van der Waals surface area (Å²) in [5.74, 6) is 0.374. The number of carbonyl (C=O) groups is 2. The summed E-state index contributed by atoms with van der Waals surface area (Å²) < 4.78 is 5.18. The molecule has 150 valence electrons. The van der Waals surface area contributed by atoms with Crippen LogP contribution in [-0.4, -0.2) is 36.9 Å². The maximum atomic E-state index is 13.1. The molecule has 1 atom stereocenters. The van der Waals surface area contributed by atoms with Crippen molar-refractivity contribution in [2.45, 2.75) is 32.4 Å². The zero-order valence-electron chi connectivity index (χ0n) is 16.2. The highest BCUT2D eigenvalue weighted by Crippen LogP contribution is 2.24. The minimum absolute atomic E-state index is 0.126. The Balaban J connectivity index is 2.28. The molecule has 1 N–H and O–H groups in total. The molecule has 1 unspecified atom stereocenters. The molecule has 0 aliphatic heterocycles. The lowest BCUT2D eigenvalue weighted by atomic mass is 10.1. The van der Waals surface area contributed by atoms with Crippen LogP contribution < -0.4 is 10.1 Å². The third-order valence-electron chi connectivity index (χ3n) is 4.48. The van der Waals surface area contributed by atoms with E-state index in [0.29, 0.717) is 23.0 Å². The number of likely N-dealkylation sites (N-methyl/N-ethyl adjacent to an activating group) is 1. The fourth-order valence-corrected chi connectivity index (χ4v) is 3.26. The monoisotopic (exact) mass is 422 g/mol. The Labute approximate surface area is 175 Å². The molecule has 0 radical (unpaired) electrons. The van der Waals surface area contributed by atoms with Gasteiger partial charge in [0, 0.05) is 13.6 Å². The average Bonchev–Trinajstić information content (AvgIpc) is 2.70. The summed E-state index contributed by atoms with van der Waals surface area (Å²) in [5.41, 5.74) is 1.65. The van der Waals surface area contributed by atoms with Crippen molar-refractivity contribution in [1.29, 1.82) is 0 Å². The van der Waals surface area contributed by atoms with Crippen LogP contribution in [0.15, 0.2) is 42.5 Å². The van der Waals surface area contributed by atoms with Crippen LogP contribution in [0.2, 0.25) is 10.0 Å². The summed E-state index contributed by atoms with van der Waals surface area (Å²) in [7, 11) is 3.17. The van der Waals surface area contributed by atoms with Gasteiger partial charge in [0.05, 0.1) is 23.6 Å². The number of nitrogens with one attached hydrogen (secondary N) is 1. The molecule has 0 aromatic heterocycles. The highest BCUT2D eigenvalue weighted by Gasteiger charge is 2.28. The van der Waals surface area contributed by atoms with Crippen molar-refractivity contribution < 1.29 is 14.3 Å². The van der Waals surface area contributed by atoms with Gasteiger partial charge in [-0.05, 0) is 41.8 Å². The predicted octanol–water partition coefficient (Wildman–Crippen LogP) is 4.10. The van der Waals surface area contributed by atoms with Crippen LogP contribution in [0.1, 0.15) is 24.5 Å². The van der Waals surface area contributed by atoms with E-state index in [-0.39, 0.29) is 18.2 Å². The predicted molar refractivity (Wildman–Crippen MR) is 112 cm³/mol. The van der Waals surface area contributed by atoms with E-state index in [4.69, 9.17) is 27.9 Å². The van der Waals surface area contributed by atoms with Gasteiger partial charge in [-0.2, -0.15) is 0 Å². The van der Waals surface area contributed by atoms with Gasteiger partial charge in [0.15, 0.2) is 0 Å². The molecule has 0 saturated carbocycles. The van der Waals surface area contributed by atoms with Crippen LogP contribution in [0.5, 0.6) is 5.75 Å². The molecule has 2 amide bonds. The molecule has 28 heavy (non-hydrogen) atoms. The molecule has 5 nitrogen and oxygen atoms in total. The van der Waals surface area contributed by atoms with Crippen LogP contribution in [0.25, 0.3) is 0 Å². The quantitative estimate of drug-likeness (QED) is 0.696. The van der Waals surface area contributed by atoms with E-state index in [9.17, 15) is 9.59 Å². The largest absolute Gasteiger partial charge is 0.497 e. The Morgan fingerprint density at radius 2 is 1.71 bits per heavy atom. The number of benzene rings is 2. The first-order chi connectivity index (χ1) is 13.4. The SMILES string of the molecule is CCC(C(=O)NC)N(Cc1ccc(OC)cc1)C(=O)Cc1ccc(Cl)c(Cl)c1. The summed E-state index contributed by atoms with van der Waals surface area (Å²) in [6.07, 6.45) is 0.628. The van der Waals surface area contributed by atoms with Crippen molar-refractivity contribution in [2.24, 2.45) is 0 Å². The lowest BCUT2D eigenvalue weighted by Crippen LogP contribution is -2.48. The minimum Gasteiger partial charge on any atom is -0.497 e. The van der Waals surface area contributed by atoms with E-state index >= 15 is 0 Å². The Morgan fingerprint density at radius 1 is 1.07 bits per heavy atom. The maximum absolute atomic E-state index is 13.1. The van der Waals surface area contributed by atoms with Gasteiger partial charge < -0.3 is 15.0 Å². The molecule has 0 aliphatic carbocycles. The van der Waals surface area contributed by atoms with Crippen molar-refractivity contribution in [1.82, 2.24) is 10.2 Å². The fourth-order valence-electron chi connectivity index (χ4n) is 2.94. The summed E-state index contributed by atoms with van der Waals surface area (Å²) in [6.45, 7) is 2.20. The second kappa shape index (κ2) is 10.3. The third-order valence-corrected chi connectivity index (χ3v) is 5.22. The first-order valence-electron chi connectivity index (χ1n) is 8.97. The van der Waals surface area contributed by atoms with Crippen LogP contribution in [0.4, 0.5) is 0 Å². The minimum atomic E-state index is -0.567. The Bertz CT molecular complexity index is 825. The second-order valence-electron chi connectivity index (χ2n) is 6.33. The zero-order chi connectivity index (χ0) is 20.7. The van der Waals surface area contributed by atoms with Crippen molar-refractivity contribution in [2.75, 3.05) is 14.2 Å². The standard InChI is InChI=1S/C21H24Cl2N2O3/c1-4-19(21(27)24-2)25(13-14-5-8-16(28-3)9-6-14)20(26)12-15-7-10-17(22)18(23)11-15/h5-11,19H,4,12-13H2,1-3H3,(H,24,27). The Morgan fingerprint density at radius 3 is 2.25 bits per heavy atom. The first kappa shape index (κ1) is 22.1. The molecule has 0 spiro atoms. The van der Waals surface area contributed by atoms with Gasteiger partial charge in [0.25, 0.3) is 0 Å². The summed E-state index contributed by atoms with van der Waals surface area (Å²) >= 11 is 12.0. The van der Waals surface area contributed by atoms with Crippen molar-refractivity contribution >= 4 is 35.0 Å². The number of methoxy groups -OCH3 is 1. The number of halogens is 2. The number of amides is 2. The van der Waals surface area contributed by atoms with Crippen molar-refractivity contribution in [3.63, 3.8) is 0 Å². The number of rotatable bonds is 8. The number of hydrogen-bond donors (Lipinski definition) is 1. The van der Waals surface area contributed by atoms with E-state index in [2.05, 4.69) is 5.32 Å². The molecule has 2 aromatic carbocycles. The Hall–Kier alpha value is -2.24. The average molecular weight is 423 g/mol. The van der Waals surface area contributed by atoms with Crippen molar-refractivity contribution in [3.05, 3.63) is 63.6 Å². The molecule has 0 saturated heterocycles. The number of hydrogen-bond acceptors (Lipinski definition) is 3. The second-order valence-corrected chi connectivity index (χ2v) is 7.15. The molecular formula is C21H24Cl2N2O3. The summed E-state index contributed by atoms with van der Waals surface area (Å²) in [4.78, 5) is 27.1. The van der Waals surface area contributed by atoms with Gasteiger partial charge in [-0.15, -0.1) is 0 Å². The lowest BCUT2D eigenvalue weighted by molar-refractivity contribution is -0.140. The Kier molecular flexibility index (Phi) is 8.15. The van der Waals surface area contributed by atoms with E-state index in [1.807, 2.05) is 31.2 Å². The smallest absolute Gasteiger partial charge is 0.242 e. The fraction of sp³-hybridized carbons (Fsp3) is 0.333. The van der Waals surface area contributed by atoms with Crippen molar-refractivity contribution in [3.8, 4) is 5.75 Å². The first-order valence-corrected chi connectivity index (χ1v) is 9.73. The molecule has 2 aromatic rings. The maximum Gasteiger partial charge on any atom is 0.242 e. The number of nitrogens with zero attached hydrogens (tertiary/aromatic N) is 1. The van der Waals surface area contributed by atoms with Gasteiger partial charge in [-0.3, -0.25) is 9.59 Å². The van der Waals surface area contributed by atoms with Gasteiger partial charge in [0.1, 0.15) is 11.8 Å². The van der Waals surface area contributed by atoms with Crippen LogP contribution in [0, 0.1) is 0 Å². The van der Waals surface area contributed by atoms with Gasteiger partial charge >= 0.3 is 0 Å². The molecule has 2 rings (SSSR count). The number of ether oxygens (including phenoxy) is 1. The van der Waals surface area contributed by atoms with Crippen LogP contribution >= 0.6 is 23.2 Å². The lowest BCUT2D eigenvalue weighted by Gasteiger charge is -2.30. The molecule has 0 aliphatic rings. The number of carbonyl (C=O) groups excluding carboxylic acids is 2. The van der Waals surface area contributed by atoms with E-state index in [1.165, 1.54) is 0 Å². The molecule has 0 bridgehead atoms. The normalized spacial score (nSPS) is 11.6. The third kappa shape index (κ3) is 5.63. The van der Waals surface area contributed by atoms with Crippen LogP contribution in [0.3, 0.4) is 0 Å². The summed E-state index contributed by atoms with van der Waals surface area (Å²) in [5, 5.41) is 3.47. The van der Waals surface area contributed by atoms with E-state index < -0.39 is 6.04 Å². The van der Waals surface area contributed by atoms with Gasteiger partial charge in [-0.1, -0.05) is 48.3 Å².